The van der Waals surface area contributed by atoms with Crippen molar-refractivity contribution in [3.05, 3.63) is 35.9 Å². The van der Waals surface area contributed by atoms with E-state index in [4.69, 9.17) is 9.47 Å². The van der Waals surface area contributed by atoms with Crippen molar-refractivity contribution in [3.8, 4) is 0 Å². The Morgan fingerprint density at radius 1 is 1.19 bits per heavy atom. The fourth-order valence-corrected chi connectivity index (χ4v) is 2.44. The van der Waals surface area contributed by atoms with Gasteiger partial charge < -0.3 is 25.4 Å². The van der Waals surface area contributed by atoms with Crippen LogP contribution in [0.25, 0.3) is 0 Å². The topological polar surface area (TPSA) is 84.0 Å². The highest BCUT2D eigenvalue weighted by atomic mass is 127. The number of carbonyl (C=O) groups is 1. The highest BCUT2D eigenvalue weighted by molar-refractivity contribution is 14.0. The Morgan fingerprint density at radius 3 is 2.62 bits per heavy atom. The maximum Gasteiger partial charge on any atom is 0.251 e. The van der Waals surface area contributed by atoms with Crippen LogP contribution in [0.3, 0.4) is 0 Å². The molecular formula is C18H29IN4O3. The predicted octanol–water partition coefficient (Wildman–Crippen LogP) is 1.39. The van der Waals surface area contributed by atoms with Gasteiger partial charge in [0.2, 0.25) is 0 Å². The lowest BCUT2D eigenvalue weighted by Gasteiger charge is -2.13. The number of hydrogen-bond acceptors (Lipinski definition) is 4. The number of rotatable bonds is 9. The Bertz CT molecular complexity index is 536. The van der Waals surface area contributed by atoms with E-state index in [9.17, 15) is 4.79 Å². The monoisotopic (exact) mass is 476 g/mol. The van der Waals surface area contributed by atoms with E-state index in [0.717, 1.165) is 32.0 Å². The molecule has 1 saturated heterocycles. The lowest BCUT2D eigenvalue weighted by Crippen LogP contribution is -2.42. The lowest BCUT2D eigenvalue weighted by atomic mass is 10.2. The van der Waals surface area contributed by atoms with Crippen molar-refractivity contribution in [1.29, 1.82) is 0 Å². The van der Waals surface area contributed by atoms with Gasteiger partial charge in [0.1, 0.15) is 0 Å². The summed E-state index contributed by atoms with van der Waals surface area (Å²) >= 11 is 0. The zero-order chi connectivity index (χ0) is 17.7. The van der Waals surface area contributed by atoms with E-state index in [0.29, 0.717) is 31.9 Å². The Morgan fingerprint density at radius 2 is 1.92 bits per heavy atom. The first-order valence-corrected chi connectivity index (χ1v) is 8.76. The Kier molecular flexibility index (Phi) is 12.0. The SMILES string of the molecule is CN=C(NCCCOC1CCOC1)NCCNC(=O)c1ccccc1.I. The van der Waals surface area contributed by atoms with Gasteiger partial charge in [-0.3, -0.25) is 9.79 Å². The van der Waals surface area contributed by atoms with Crippen LogP contribution in [0.1, 0.15) is 23.2 Å². The molecule has 0 radical (unpaired) electrons. The summed E-state index contributed by atoms with van der Waals surface area (Å²) < 4.78 is 11.0. The van der Waals surface area contributed by atoms with E-state index >= 15 is 0 Å². The minimum Gasteiger partial charge on any atom is -0.379 e. The number of hydrogen-bond donors (Lipinski definition) is 3. The first kappa shape index (κ1) is 22.7. The fraction of sp³-hybridized carbons (Fsp3) is 0.556. The second-order valence-electron chi connectivity index (χ2n) is 5.76. The normalized spacial score (nSPS) is 16.7. The molecule has 146 valence electrons. The van der Waals surface area contributed by atoms with E-state index in [1.807, 2.05) is 18.2 Å². The number of benzene rings is 1. The van der Waals surface area contributed by atoms with Crippen LogP contribution in [-0.4, -0.2) is 64.5 Å². The molecule has 0 aromatic heterocycles. The molecular weight excluding hydrogens is 447 g/mol. The Hall–Kier alpha value is -1.39. The number of guanidine groups is 1. The van der Waals surface area contributed by atoms with Crippen LogP contribution in [-0.2, 0) is 9.47 Å². The summed E-state index contributed by atoms with van der Waals surface area (Å²) in [6.45, 7) is 4.15. The molecule has 1 aromatic rings. The lowest BCUT2D eigenvalue weighted by molar-refractivity contribution is 0.0420. The van der Waals surface area contributed by atoms with Crippen LogP contribution in [0.5, 0.6) is 0 Å². The van der Waals surface area contributed by atoms with Crippen LogP contribution in [0.2, 0.25) is 0 Å². The summed E-state index contributed by atoms with van der Waals surface area (Å²) in [4.78, 5) is 16.1. The summed E-state index contributed by atoms with van der Waals surface area (Å²) in [5.41, 5.74) is 0.665. The van der Waals surface area contributed by atoms with Crippen molar-refractivity contribution >= 4 is 35.8 Å². The highest BCUT2D eigenvalue weighted by Crippen LogP contribution is 2.07. The number of nitrogens with one attached hydrogen (secondary N) is 3. The molecule has 8 heteroatoms. The molecule has 1 amide bonds. The van der Waals surface area contributed by atoms with Gasteiger partial charge in [-0.2, -0.15) is 0 Å². The molecule has 1 aliphatic heterocycles. The Labute approximate surface area is 172 Å². The van der Waals surface area contributed by atoms with Gasteiger partial charge >= 0.3 is 0 Å². The van der Waals surface area contributed by atoms with Crippen molar-refractivity contribution in [2.75, 3.05) is 46.5 Å². The molecule has 1 atom stereocenters. The molecule has 0 spiro atoms. The summed E-state index contributed by atoms with van der Waals surface area (Å²) in [5.74, 6) is 0.650. The third-order valence-corrected chi connectivity index (χ3v) is 3.82. The number of halogens is 1. The largest absolute Gasteiger partial charge is 0.379 e. The van der Waals surface area contributed by atoms with Crippen molar-refractivity contribution in [1.82, 2.24) is 16.0 Å². The first-order valence-electron chi connectivity index (χ1n) is 8.76. The predicted molar refractivity (Wildman–Crippen MR) is 113 cm³/mol. The summed E-state index contributed by atoms with van der Waals surface area (Å²) in [6, 6.07) is 9.18. The standard InChI is InChI=1S/C18H28N4O3.HI/c1-19-18(21-9-5-12-25-16-8-13-24-14-16)22-11-10-20-17(23)15-6-3-2-4-7-15;/h2-4,6-7,16H,5,8-14H2,1H3,(H,20,23)(H2,19,21,22);1H. The van der Waals surface area contributed by atoms with Crippen LogP contribution < -0.4 is 16.0 Å². The number of carbonyl (C=O) groups excluding carboxylic acids is 1. The smallest absolute Gasteiger partial charge is 0.251 e. The van der Waals surface area contributed by atoms with Gasteiger partial charge in [0.15, 0.2) is 5.96 Å². The van der Waals surface area contributed by atoms with Gasteiger partial charge in [0.05, 0.1) is 12.7 Å². The van der Waals surface area contributed by atoms with Gasteiger partial charge in [-0.1, -0.05) is 18.2 Å². The van der Waals surface area contributed by atoms with Gasteiger partial charge in [-0.05, 0) is 25.0 Å². The van der Waals surface area contributed by atoms with Gasteiger partial charge in [0.25, 0.3) is 5.91 Å². The molecule has 1 fully saturated rings. The molecule has 7 nitrogen and oxygen atoms in total. The summed E-state index contributed by atoms with van der Waals surface area (Å²) in [6.07, 6.45) is 2.15. The third-order valence-electron chi connectivity index (χ3n) is 3.82. The molecule has 1 aromatic carbocycles. The first-order chi connectivity index (χ1) is 12.3. The average molecular weight is 476 g/mol. The van der Waals surface area contributed by atoms with Crippen molar-refractivity contribution in [2.24, 2.45) is 4.99 Å². The maximum absolute atomic E-state index is 11.9. The zero-order valence-corrected chi connectivity index (χ0v) is 17.5. The number of nitrogens with zero attached hydrogens (tertiary/aromatic N) is 1. The Balaban J connectivity index is 0.00000338. The fourth-order valence-electron chi connectivity index (χ4n) is 2.44. The minimum absolute atomic E-state index is 0. The molecule has 1 heterocycles. The minimum atomic E-state index is -0.0709. The van der Waals surface area contributed by atoms with Crippen LogP contribution in [0.4, 0.5) is 0 Å². The second kappa shape index (κ2) is 13.8. The maximum atomic E-state index is 11.9. The van der Waals surface area contributed by atoms with Gasteiger partial charge in [-0.25, -0.2) is 0 Å². The average Bonchev–Trinajstić information content (AvgIpc) is 3.17. The van der Waals surface area contributed by atoms with Crippen molar-refractivity contribution in [2.45, 2.75) is 18.9 Å². The molecule has 3 N–H and O–H groups in total. The molecule has 1 aliphatic rings. The number of amides is 1. The van der Waals surface area contributed by atoms with E-state index < -0.39 is 0 Å². The second-order valence-corrected chi connectivity index (χ2v) is 5.76. The quantitative estimate of drug-likeness (QED) is 0.217. The molecule has 0 aliphatic carbocycles. The molecule has 2 rings (SSSR count). The summed E-state index contributed by atoms with van der Waals surface area (Å²) in [7, 11) is 1.73. The number of aliphatic imine (C=N–C) groups is 1. The molecule has 1 unspecified atom stereocenters. The molecule has 0 saturated carbocycles. The third kappa shape index (κ3) is 8.81. The summed E-state index contributed by atoms with van der Waals surface area (Å²) in [5, 5.41) is 9.27. The van der Waals surface area contributed by atoms with Crippen LogP contribution in [0, 0.1) is 0 Å². The van der Waals surface area contributed by atoms with E-state index in [1.165, 1.54) is 0 Å². The van der Waals surface area contributed by atoms with E-state index in [2.05, 4.69) is 20.9 Å². The van der Waals surface area contributed by atoms with Crippen molar-refractivity contribution in [3.63, 3.8) is 0 Å². The molecule has 26 heavy (non-hydrogen) atoms. The van der Waals surface area contributed by atoms with E-state index in [1.54, 1.807) is 19.2 Å². The number of ether oxygens (including phenoxy) is 2. The van der Waals surface area contributed by atoms with Crippen LogP contribution >= 0.6 is 24.0 Å². The molecule has 0 bridgehead atoms. The zero-order valence-electron chi connectivity index (χ0n) is 15.2. The van der Waals surface area contributed by atoms with E-state index in [-0.39, 0.29) is 36.0 Å². The van der Waals surface area contributed by atoms with Gasteiger partial charge in [0, 0.05) is 45.5 Å². The van der Waals surface area contributed by atoms with Crippen molar-refractivity contribution < 1.29 is 14.3 Å². The van der Waals surface area contributed by atoms with Gasteiger partial charge in [-0.15, -0.1) is 24.0 Å². The van der Waals surface area contributed by atoms with Crippen LogP contribution in [0.15, 0.2) is 35.3 Å². The highest BCUT2D eigenvalue weighted by Gasteiger charge is 2.15.